The third kappa shape index (κ3) is 3.77. The summed E-state index contributed by atoms with van der Waals surface area (Å²) in [6.45, 7) is 4.28. The van der Waals surface area contributed by atoms with Crippen LogP contribution in [0.3, 0.4) is 0 Å². The zero-order chi connectivity index (χ0) is 20.6. The molecule has 6 nitrogen and oxygen atoms in total. The summed E-state index contributed by atoms with van der Waals surface area (Å²) < 4.78 is 27.8. The van der Waals surface area contributed by atoms with E-state index < -0.39 is 10.0 Å². The number of para-hydroxylation sites is 1. The molecule has 0 fully saturated rings. The van der Waals surface area contributed by atoms with Gasteiger partial charge in [-0.15, -0.1) is 11.3 Å². The molecule has 0 unspecified atom stereocenters. The number of sulfonamides is 1. The van der Waals surface area contributed by atoms with Crippen molar-refractivity contribution in [1.82, 2.24) is 4.98 Å². The van der Waals surface area contributed by atoms with E-state index in [1.165, 1.54) is 39.9 Å². The lowest BCUT2D eigenvalue weighted by atomic mass is 10.0. The van der Waals surface area contributed by atoms with Gasteiger partial charge in [-0.2, -0.15) is 0 Å². The summed E-state index contributed by atoms with van der Waals surface area (Å²) in [5.41, 5.74) is 3.03. The Morgan fingerprint density at radius 3 is 2.52 bits per heavy atom. The van der Waals surface area contributed by atoms with Crippen LogP contribution in [0.2, 0.25) is 0 Å². The minimum atomic E-state index is -3.69. The Bertz CT molecular complexity index is 1150. The van der Waals surface area contributed by atoms with Crippen LogP contribution in [0.15, 0.2) is 53.4 Å². The minimum absolute atomic E-state index is 0.173. The summed E-state index contributed by atoms with van der Waals surface area (Å²) in [5, 5.41) is 3.30. The molecule has 8 heteroatoms. The normalized spacial score (nSPS) is 13.8. The van der Waals surface area contributed by atoms with Crippen molar-refractivity contribution in [3.63, 3.8) is 0 Å². The molecular formula is C21H21N3O3S2. The number of carbonyl (C=O) groups is 1. The largest absolute Gasteiger partial charge is 0.298 e. The summed E-state index contributed by atoms with van der Waals surface area (Å²) in [5.74, 6) is -0.314. The van der Waals surface area contributed by atoms with Crippen LogP contribution < -0.4 is 9.62 Å². The maximum Gasteiger partial charge on any atom is 0.264 e. The van der Waals surface area contributed by atoms with E-state index in [0.29, 0.717) is 17.2 Å². The van der Waals surface area contributed by atoms with Gasteiger partial charge in [0.05, 0.1) is 16.3 Å². The number of hydrogen-bond acceptors (Lipinski definition) is 5. The summed E-state index contributed by atoms with van der Waals surface area (Å²) in [7, 11) is -3.69. The molecular weight excluding hydrogens is 406 g/mol. The number of aryl methyl sites for hydroxylation is 3. The Kier molecular flexibility index (Phi) is 5.14. The van der Waals surface area contributed by atoms with Gasteiger partial charge in [0.2, 0.25) is 0 Å². The standard InChI is InChI=1S/C21H21N3O3S2/c1-14-15(2)28-21(22-14)23-20(25)17-9-11-18(12-10-17)29(26,27)24-13-5-7-16-6-3-4-8-19(16)24/h3-4,6,8-12H,5,7,13H2,1-2H3,(H,22,23,25). The number of hydrogen-bond donors (Lipinski definition) is 1. The lowest BCUT2D eigenvalue weighted by molar-refractivity contribution is 0.102. The van der Waals surface area contributed by atoms with Gasteiger partial charge < -0.3 is 0 Å². The van der Waals surface area contributed by atoms with E-state index in [1.807, 2.05) is 38.1 Å². The van der Waals surface area contributed by atoms with Gasteiger partial charge in [0.25, 0.3) is 15.9 Å². The number of aromatic nitrogens is 1. The number of carbonyl (C=O) groups excluding carboxylic acids is 1. The number of anilines is 2. The van der Waals surface area contributed by atoms with Crippen LogP contribution in [-0.4, -0.2) is 25.9 Å². The van der Waals surface area contributed by atoms with Gasteiger partial charge in [-0.1, -0.05) is 18.2 Å². The second-order valence-electron chi connectivity index (χ2n) is 6.95. The van der Waals surface area contributed by atoms with E-state index in [2.05, 4.69) is 10.3 Å². The smallest absolute Gasteiger partial charge is 0.264 e. The van der Waals surface area contributed by atoms with Crippen LogP contribution in [0, 0.1) is 13.8 Å². The van der Waals surface area contributed by atoms with E-state index in [4.69, 9.17) is 0 Å². The molecule has 0 radical (unpaired) electrons. The fourth-order valence-electron chi connectivity index (χ4n) is 3.35. The third-order valence-corrected chi connectivity index (χ3v) is 7.84. The lowest BCUT2D eigenvalue weighted by Gasteiger charge is -2.30. The molecule has 1 aliphatic heterocycles. The molecule has 1 N–H and O–H groups in total. The summed E-state index contributed by atoms with van der Waals surface area (Å²) in [4.78, 5) is 18.0. The average Bonchev–Trinajstić information content (AvgIpc) is 3.04. The molecule has 3 aromatic rings. The number of benzene rings is 2. The molecule has 0 spiro atoms. The number of nitrogens with one attached hydrogen (secondary N) is 1. The second-order valence-corrected chi connectivity index (χ2v) is 10.0. The van der Waals surface area contributed by atoms with E-state index >= 15 is 0 Å². The van der Waals surface area contributed by atoms with E-state index in [-0.39, 0.29) is 10.8 Å². The van der Waals surface area contributed by atoms with Crippen LogP contribution in [0.5, 0.6) is 0 Å². The van der Waals surface area contributed by atoms with Crippen molar-refractivity contribution in [2.75, 3.05) is 16.2 Å². The molecule has 150 valence electrons. The molecule has 1 amide bonds. The quantitative estimate of drug-likeness (QED) is 0.678. The molecule has 2 heterocycles. The van der Waals surface area contributed by atoms with Crippen molar-refractivity contribution >= 4 is 38.1 Å². The highest BCUT2D eigenvalue weighted by Gasteiger charge is 2.29. The molecule has 2 aromatic carbocycles. The Morgan fingerprint density at radius 2 is 1.83 bits per heavy atom. The number of amides is 1. The molecule has 0 bridgehead atoms. The number of rotatable bonds is 4. The molecule has 1 aliphatic rings. The van der Waals surface area contributed by atoms with Crippen LogP contribution >= 0.6 is 11.3 Å². The maximum atomic E-state index is 13.2. The van der Waals surface area contributed by atoms with Crippen LogP contribution in [0.25, 0.3) is 0 Å². The van der Waals surface area contributed by atoms with Crippen LogP contribution in [0.4, 0.5) is 10.8 Å². The third-order valence-electron chi connectivity index (χ3n) is 5.02. The highest BCUT2D eigenvalue weighted by Crippen LogP contribution is 2.32. The maximum absolute atomic E-state index is 13.2. The van der Waals surface area contributed by atoms with Crippen molar-refractivity contribution < 1.29 is 13.2 Å². The first kappa shape index (κ1) is 19.6. The first-order valence-electron chi connectivity index (χ1n) is 9.32. The Morgan fingerprint density at radius 1 is 1.10 bits per heavy atom. The lowest BCUT2D eigenvalue weighted by Crippen LogP contribution is -2.35. The fourth-order valence-corrected chi connectivity index (χ4v) is 5.70. The van der Waals surface area contributed by atoms with E-state index in [9.17, 15) is 13.2 Å². The van der Waals surface area contributed by atoms with Crippen molar-refractivity contribution in [1.29, 1.82) is 0 Å². The van der Waals surface area contributed by atoms with Crippen LogP contribution in [-0.2, 0) is 16.4 Å². The van der Waals surface area contributed by atoms with E-state index in [1.54, 1.807) is 0 Å². The van der Waals surface area contributed by atoms with Crippen molar-refractivity contribution in [3.8, 4) is 0 Å². The number of thiazole rings is 1. The SMILES string of the molecule is Cc1nc(NC(=O)c2ccc(S(=O)(=O)N3CCCc4ccccc43)cc2)sc1C. The number of fused-ring (bicyclic) bond motifs is 1. The highest BCUT2D eigenvalue weighted by atomic mass is 32.2. The Hall–Kier alpha value is -2.71. The van der Waals surface area contributed by atoms with Gasteiger partial charge >= 0.3 is 0 Å². The first-order chi connectivity index (χ1) is 13.9. The van der Waals surface area contributed by atoms with Gasteiger partial charge in [-0.05, 0) is 62.6 Å². The molecule has 0 aliphatic carbocycles. The zero-order valence-corrected chi connectivity index (χ0v) is 17.8. The van der Waals surface area contributed by atoms with E-state index in [0.717, 1.165) is 34.7 Å². The molecule has 0 atom stereocenters. The Labute approximate surface area is 174 Å². The molecule has 4 rings (SSSR count). The average molecular weight is 428 g/mol. The summed E-state index contributed by atoms with van der Waals surface area (Å²) in [6.07, 6.45) is 1.65. The number of nitrogens with zero attached hydrogens (tertiary/aromatic N) is 2. The van der Waals surface area contributed by atoms with Gasteiger partial charge in [0.15, 0.2) is 5.13 Å². The predicted octanol–water partition coefficient (Wildman–Crippen LogP) is 4.15. The predicted molar refractivity (Wildman–Crippen MR) is 115 cm³/mol. The highest BCUT2D eigenvalue weighted by molar-refractivity contribution is 7.92. The molecule has 0 saturated heterocycles. The van der Waals surface area contributed by atoms with Crippen molar-refractivity contribution in [2.45, 2.75) is 31.6 Å². The summed E-state index contributed by atoms with van der Waals surface area (Å²) >= 11 is 1.41. The minimum Gasteiger partial charge on any atom is -0.298 e. The first-order valence-corrected chi connectivity index (χ1v) is 11.6. The molecule has 0 saturated carbocycles. The molecule has 29 heavy (non-hydrogen) atoms. The molecule has 1 aromatic heterocycles. The van der Waals surface area contributed by atoms with Gasteiger partial charge in [0, 0.05) is 17.0 Å². The fraction of sp³-hybridized carbons (Fsp3) is 0.238. The topological polar surface area (TPSA) is 79.4 Å². The van der Waals surface area contributed by atoms with Gasteiger partial charge in [-0.25, -0.2) is 13.4 Å². The summed E-state index contributed by atoms with van der Waals surface area (Å²) in [6, 6.07) is 13.6. The van der Waals surface area contributed by atoms with Crippen molar-refractivity contribution in [3.05, 3.63) is 70.2 Å². The Balaban J connectivity index is 1.56. The second kappa shape index (κ2) is 7.61. The van der Waals surface area contributed by atoms with Crippen LogP contribution in [0.1, 0.15) is 32.9 Å². The van der Waals surface area contributed by atoms with Gasteiger partial charge in [-0.3, -0.25) is 14.4 Å². The zero-order valence-electron chi connectivity index (χ0n) is 16.2. The van der Waals surface area contributed by atoms with Gasteiger partial charge in [0.1, 0.15) is 0 Å². The van der Waals surface area contributed by atoms with Crippen molar-refractivity contribution in [2.24, 2.45) is 0 Å². The monoisotopic (exact) mass is 427 g/mol.